The summed E-state index contributed by atoms with van der Waals surface area (Å²) >= 11 is 0. The highest BCUT2D eigenvalue weighted by atomic mass is 16.7. The number of methoxy groups -OCH3 is 1. The van der Waals surface area contributed by atoms with Crippen molar-refractivity contribution in [3.8, 4) is 0 Å². The summed E-state index contributed by atoms with van der Waals surface area (Å²) in [5.41, 5.74) is -4.23. The van der Waals surface area contributed by atoms with Gasteiger partial charge in [0.25, 0.3) is 0 Å². The van der Waals surface area contributed by atoms with E-state index in [0.29, 0.717) is 6.42 Å². The fraction of sp³-hybridized carbons (Fsp3) is 0.973. The van der Waals surface area contributed by atoms with E-state index in [1.807, 2.05) is 46.7 Å². The van der Waals surface area contributed by atoms with E-state index in [2.05, 4.69) is 0 Å². The van der Waals surface area contributed by atoms with Crippen LogP contribution in [0, 0.1) is 23.7 Å². The maximum absolute atomic E-state index is 14.3. The van der Waals surface area contributed by atoms with Gasteiger partial charge in [-0.25, -0.2) is 0 Å². The van der Waals surface area contributed by atoms with Crippen LogP contribution in [0.15, 0.2) is 0 Å². The van der Waals surface area contributed by atoms with Gasteiger partial charge in [-0.15, -0.1) is 0 Å². The molecule has 4 aliphatic rings. The average molecular weight is 734 g/mol. The molecule has 5 N–H and O–H groups in total. The number of rotatable bonds is 9. The third-order valence-electron chi connectivity index (χ3n) is 12.6. The SMILES string of the molecule is CC[C@@H](O)[C@@](C)(O)[C@@H]1OC(=O)[C@H](C)[C@@H](O[C@H]2C[C@@](C)(OC)[C@@H](O)[C@H](C)O2)[C@H](C)[C@@H](O[C@@H]2O[C@H](C)C[C@H](N(C)C)[C@H]2O)[C@@]2(C)C[C@@H](C)C(O)(O2)[C@@H]1C. The molecule has 0 aromatic rings. The molecule has 0 amide bonds. The summed E-state index contributed by atoms with van der Waals surface area (Å²) in [5.74, 6) is -5.94. The number of aliphatic hydroxyl groups is 5. The van der Waals surface area contributed by atoms with Crippen LogP contribution < -0.4 is 0 Å². The lowest BCUT2D eigenvalue weighted by atomic mass is 9.74. The van der Waals surface area contributed by atoms with Gasteiger partial charge in [0.2, 0.25) is 0 Å². The van der Waals surface area contributed by atoms with Gasteiger partial charge in [0.15, 0.2) is 18.4 Å². The minimum Gasteiger partial charge on any atom is -0.458 e. The maximum Gasteiger partial charge on any atom is 0.311 e. The molecule has 0 radical (unpaired) electrons. The molecule has 51 heavy (non-hydrogen) atoms. The maximum atomic E-state index is 14.3. The topological polar surface area (TPSA) is 186 Å². The van der Waals surface area contributed by atoms with Crippen molar-refractivity contribution in [2.24, 2.45) is 23.7 Å². The molecule has 14 heteroatoms. The summed E-state index contributed by atoms with van der Waals surface area (Å²) in [4.78, 5) is 16.2. The van der Waals surface area contributed by atoms with Crippen molar-refractivity contribution in [1.29, 1.82) is 0 Å². The predicted octanol–water partition coefficient (Wildman–Crippen LogP) is 1.94. The fourth-order valence-corrected chi connectivity index (χ4v) is 9.16. The second-order valence-electron chi connectivity index (χ2n) is 16.9. The van der Waals surface area contributed by atoms with Gasteiger partial charge in [0.05, 0.1) is 53.6 Å². The molecule has 0 saturated carbocycles. The first-order valence-electron chi connectivity index (χ1n) is 18.7. The number of fused-ring (bicyclic) bond motifs is 2. The van der Waals surface area contributed by atoms with Crippen LogP contribution in [0.25, 0.3) is 0 Å². The Bertz CT molecular complexity index is 1190. The van der Waals surface area contributed by atoms with Crippen LogP contribution in [0.3, 0.4) is 0 Å². The van der Waals surface area contributed by atoms with Crippen LogP contribution in [0.1, 0.15) is 94.9 Å². The van der Waals surface area contributed by atoms with Gasteiger partial charge in [0.1, 0.15) is 23.9 Å². The summed E-state index contributed by atoms with van der Waals surface area (Å²) in [6.07, 6.45) is -8.36. The molecule has 0 aromatic carbocycles. The van der Waals surface area contributed by atoms with Crippen LogP contribution >= 0.6 is 0 Å². The number of nitrogens with zero attached hydrogens (tertiary/aromatic N) is 1. The summed E-state index contributed by atoms with van der Waals surface area (Å²) < 4.78 is 44.5. The number of carbonyl (C=O) groups excluding carboxylic acids is 1. The Morgan fingerprint density at radius 2 is 1.67 bits per heavy atom. The zero-order valence-corrected chi connectivity index (χ0v) is 32.9. The first-order valence-corrected chi connectivity index (χ1v) is 18.7. The first-order chi connectivity index (χ1) is 23.5. The van der Waals surface area contributed by atoms with E-state index in [-0.39, 0.29) is 31.4 Å². The molecule has 0 spiro atoms. The molecular weight excluding hydrogens is 666 g/mol. The van der Waals surface area contributed by atoms with E-state index in [4.69, 9.17) is 33.2 Å². The lowest BCUT2D eigenvalue weighted by Gasteiger charge is -2.48. The zero-order valence-electron chi connectivity index (χ0n) is 32.9. The number of aliphatic hydroxyl groups excluding tert-OH is 3. The molecule has 1 unspecified atom stereocenters. The van der Waals surface area contributed by atoms with Crippen LogP contribution in [-0.4, -0.2) is 148 Å². The average Bonchev–Trinajstić information content (AvgIpc) is 3.31. The van der Waals surface area contributed by atoms with Gasteiger partial charge >= 0.3 is 5.97 Å². The molecule has 4 heterocycles. The first kappa shape index (κ1) is 42.7. The number of hydrogen-bond donors (Lipinski definition) is 5. The van der Waals surface area contributed by atoms with Crippen molar-refractivity contribution < 1.29 is 63.5 Å². The lowest BCUT2D eigenvalue weighted by Crippen LogP contribution is -2.61. The number of likely N-dealkylation sites (N-methyl/N-ethyl adjacent to an activating group) is 1. The Kier molecular flexibility index (Phi) is 13.1. The highest BCUT2D eigenvalue weighted by Crippen LogP contribution is 2.52. The normalized spacial score (nSPS) is 50.3. The summed E-state index contributed by atoms with van der Waals surface area (Å²) in [6.45, 7) is 17.3. The molecule has 2 bridgehead atoms. The van der Waals surface area contributed by atoms with Crippen molar-refractivity contribution in [1.82, 2.24) is 4.90 Å². The highest BCUT2D eigenvalue weighted by molar-refractivity contribution is 5.73. The van der Waals surface area contributed by atoms with Crippen LogP contribution in [0.5, 0.6) is 0 Å². The minimum atomic E-state index is -1.97. The second kappa shape index (κ2) is 15.6. The van der Waals surface area contributed by atoms with Crippen molar-refractivity contribution in [2.75, 3.05) is 21.2 Å². The van der Waals surface area contributed by atoms with Crippen LogP contribution in [0.2, 0.25) is 0 Å². The Morgan fingerprint density at radius 3 is 2.24 bits per heavy atom. The van der Waals surface area contributed by atoms with Crippen LogP contribution in [0.4, 0.5) is 0 Å². The Labute approximate surface area is 304 Å². The molecule has 298 valence electrons. The van der Waals surface area contributed by atoms with Crippen LogP contribution in [-0.2, 0) is 38.0 Å². The Balaban J connectivity index is 1.86. The highest BCUT2D eigenvalue weighted by Gasteiger charge is 2.64. The zero-order chi connectivity index (χ0) is 38.6. The van der Waals surface area contributed by atoms with Gasteiger partial charge in [-0.3, -0.25) is 4.79 Å². The number of ether oxygens (including phenoxy) is 7. The molecule has 4 rings (SSSR count). The third kappa shape index (κ3) is 8.04. The molecule has 0 aliphatic carbocycles. The van der Waals surface area contributed by atoms with Crippen molar-refractivity contribution in [2.45, 2.75) is 185 Å². The third-order valence-corrected chi connectivity index (χ3v) is 12.6. The molecule has 0 aromatic heterocycles. The standard InChI is InChI=1S/C37H67NO13/c1-14-25(39)36(10,43)31-22(6)37(44)18(2)16-35(9,51-37)30(50-33-27(40)24(38(11)12)15-19(3)46-33)20(4)28(21(5)32(42)49-31)48-26-17-34(8,45-13)29(41)23(7)47-26/h18-31,33,39-41,43-44H,14-17H2,1-13H3/t18-,19-,20+,21-,22-,23+,24+,25-,26+,27-,28+,29+,30-,31-,33+,34-,35-,36-,37?/m1/s1. The molecule has 14 nitrogen and oxygen atoms in total. The molecular formula is C37H67NO13. The molecule has 4 saturated heterocycles. The van der Waals surface area contributed by atoms with Crippen molar-refractivity contribution in [3.05, 3.63) is 0 Å². The quantitative estimate of drug-likeness (QED) is 0.217. The Morgan fingerprint density at radius 1 is 1.04 bits per heavy atom. The van der Waals surface area contributed by atoms with Crippen molar-refractivity contribution in [3.63, 3.8) is 0 Å². The van der Waals surface area contributed by atoms with E-state index in [9.17, 15) is 30.3 Å². The minimum absolute atomic E-state index is 0.139. The largest absolute Gasteiger partial charge is 0.458 e. The molecule has 4 fully saturated rings. The summed E-state index contributed by atoms with van der Waals surface area (Å²) in [7, 11) is 5.28. The second-order valence-corrected chi connectivity index (χ2v) is 16.9. The summed E-state index contributed by atoms with van der Waals surface area (Å²) in [6, 6.07) is -0.269. The number of esters is 1. The fourth-order valence-electron chi connectivity index (χ4n) is 9.16. The van der Waals surface area contributed by atoms with E-state index in [0.717, 1.165) is 0 Å². The number of carbonyl (C=O) groups is 1. The number of cyclic esters (lactones) is 1. The van der Waals surface area contributed by atoms with E-state index in [1.165, 1.54) is 14.0 Å². The van der Waals surface area contributed by atoms with E-state index < -0.39 is 108 Å². The van der Waals surface area contributed by atoms with Gasteiger partial charge in [0, 0.05) is 31.4 Å². The summed E-state index contributed by atoms with van der Waals surface area (Å²) in [5, 5.41) is 57.7. The van der Waals surface area contributed by atoms with E-state index in [1.54, 1.807) is 34.6 Å². The molecule has 19 atom stereocenters. The van der Waals surface area contributed by atoms with E-state index >= 15 is 0 Å². The molecule has 4 aliphatic heterocycles. The number of hydrogen-bond acceptors (Lipinski definition) is 14. The van der Waals surface area contributed by atoms with Crippen molar-refractivity contribution >= 4 is 5.97 Å². The van der Waals surface area contributed by atoms with Gasteiger partial charge in [-0.1, -0.05) is 27.7 Å². The monoisotopic (exact) mass is 733 g/mol. The predicted molar refractivity (Wildman–Crippen MR) is 185 cm³/mol. The lowest BCUT2D eigenvalue weighted by molar-refractivity contribution is -0.337. The smallest absolute Gasteiger partial charge is 0.311 e. The van der Waals surface area contributed by atoms with Gasteiger partial charge < -0.3 is 63.6 Å². The Hall–Kier alpha value is -1.01. The van der Waals surface area contributed by atoms with Gasteiger partial charge in [-0.2, -0.15) is 0 Å². The van der Waals surface area contributed by atoms with Gasteiger partial charge in [-0.05, 0) is 74.9 Å².